The Hall–Kier alpha value is -4.08. The molecule has 0 atom stereocenters. The number of alkyl halides is 3. The molecule has 1 aromatic heterocycles. The highest BCUT2D eigenvalue weighted by atomic mass is 19.4. The molecule has 7 nitrogen and oxygen atoms in total. The number of methoxy groups -OCH3 is 1. The molecule has 3 aromatic rings. The minimum Gasteiger partial charge on any atom is -0.496 e. The lowest BCUT2D eigenvalue weighted by atomic mass is 10.1. The molecule has 0 saturated carbocycles. The number of imide groups is 1. The lowest BCUT2D eigenvalue weighted by molar-refractivity contribution is -0.138. The molecule has 1 aliphatic rings. The molecule has 10 heteroatoms. The summed E-state index contributed by atoms with van der Waals surface area (Å²) in [6, 6.07) is 12.0. The lowest BCUT2D eigenvalue weighted by Crippen LogP contribution is -2.48. The maximum atomic E-state index is 13.6. The van der Waals surface area contributed by atoms with E-state index in [1.165, 1.54) is 23.4 Å². The summed E-state index contributed by atoms with van der Waals surface area (Å²) < 4.78 is 45.6. The highest BCUT2D eigenvalue weighted by Crippen LogP contribution is 2.42. The number of ether oxygens (including phenoxy) is 1. The number of hydrogen-bond donors (Lipinski definition) is 1. The van der Waals surface area contributed by atoms with Gasteiger partial charge in [0.25, 0.3) is 0 Å². The number of para-hydroxylation sites is 1. The predicted molar refractivity (Wildman–Crippen MR) is 117 cm³/mol. The van der Waals surface area contributed by atoms with Crippen LogP contribution < -0.4 is 19.9 Å². The van der Waals surface area contributed by atoms with Crippen LogP contribution in [0.15, 0.2) is 67.0 Å². The van der Waals surface area contributed by atoms with E-state index in [1.54, 1.807) is 42.5 Å². The second-order valence-corrected chi connectivity index (χ2v) is 7.21. The van der Waals surface area contributed by atoms with Crippen molar-refractivity contribution in [2.24, 2.45) is 0 Å². The number of halogens is 3. The summed E-state index contributed by atoms with van der Waals surface area (Å²) in [6.45, 7) is 0.113. The van der Waals surface area contributed by atoms with Crippen LogP contribution in [0.25, 0.3) is 0 Å². The molecule has 0 bridgehead atoms. The molecule has 0 saturated heterocycles. The van der Waals surface area contributed by atoms with Gasteiger partial charge in [0.05, 0.1) is 30.2 Å². The Bertz CT molecular complexity index is 1170. The molecule has 2 heterocycles. The summed E-state index contributed by atoms with van der Waals surface area (Å²) in [6.07, 6.45) is -1.40. The van der Waals surface area contributed by atoms with Crippen molar-refractivity contribution in [2.75, 3.05) is 28.8 Å². The van der Waals surface area contributed by atoms with Crippen molar-refractivity contribution in [1.82, 2.24) is 4.98 Å². The monoisotopic (exact) mass is 456 g/mol. The first-order valence-corrected chi connectivity index (χ1v) is 9.95. The Kier molecular flexibility index (Phi) is 5.91. The Morgan fingerprint density at radius 1 is 1.12 bits per heavy atom. The van der Waals surface area contributed by atoms with Gasteiger partial charge in [-0.2, -0.15) is 13.2 Å². The Morgan fingerprint density at radius 2 is 1.88 bits per heavy atom. The number of urea groups is 2. The molecule has 170 valence electrons. The van der Waals surface area contributed by atoms with E-state index < -0.39 is 23.8 Å². The molecular formula is C23H19F3N4O3. The number of carbonyl (C=O) groups excluding carboxylic acids is 2. The smallest absolute Gasteiger partial charge is 0.420 e. The summed E-state index contributed by atoms with van der Waals surface area (Å²) in [5.74, 6) is -0.315. The SMILES string of the molecule is COc1cc2c(cc1C(F)(F)F)N(C(=O)N(C(=O)Nc1cccnc1)c1ccccc1)CC2. The summed E-state index contributed by atoms with van der Waals surface area (Å²) in [7, 11) is 1.16. The molecule has 0 radical (unpaired) electrons. The van der Waals surface area contributed by atoms with Gasteiger partial charge in [-0.3, -0.25) is 9.88 Å². The molecule has 0 unspecified atom stereocenters. The van der Waals surface area contributed by atoms with Gasteiger partial charge in [0.15, 0.2) is 0 Å². The maximum absolute atomic E-state index is 13.6. The molecule has 2 aromatic carbocycles. The number of amides is 4. The standard InChI is InChI=1S/C23H19F3N4O3/c1-33-20-12-15-9-11-29(19(15)13-18(20)23(24,25)26)22(32)30(17-7-3-2-4-8-17)21(31)28-16-6-5-10-27-14-16/h2-8,10,12-14H,9,11H2,1H3,(H,28,31). The molecule has 0 aliphatic carbocycles. The zero-order valence-corrected chi connectivity index (χ0v) is 17.5. The van der Waals surface area contributed by atoms with Crippen LogP contribution in [-0.2, 0) is 12.6 Å². The van der Waals surface area contributed by atoms with Gasteiger partial charge < -0.3 is 10.1 Å². The number of pyridine rings is 1. The summed E-state index contributed by atoms with van der Waals surface area (Å²) in [5.41, 5.74) is 0.246. The minimum atomic E-state index is -4.67. The van der Waals surface area contributed by atoms with Gasteiger partial charge in [0.1, 0.15) is 5.75 Å². The average molecular weight is 456 g/mol. The van der Waals surface area contributed by atoms with Gasteiger partial charge in [0, 0.05) is 18.4 Å². The first-order chi connectivity index (χ1) is 15.8. The molecule has 33 heavy (non-hydrogen) atoms. The Labute approximate surface area is 187 Å². The Morgan fingerprint density at radius 3 is 2.52 bits per heavy atom. The molecule has 4 amide bonds. The van der Waals surface area contributed by atoms with Gasteiger partial charge >= 0.3 is 18.2 Å². The van der Waals surface area contributed by atoms with Crippen LogP contribution in [0.3, 0.4) is 0 Å². The predicted octanol–water partition coefficient (Wildman–Crippen LogP) is 5.33. The van der Waals surface area contributed by atoms with Gasteiger partial charge in [-0.05, 0) is 48.4 Å². The molecule has 1 aliphatic heterocycles. The fourth-order valence-corrected chi connectivity index (χ4v) is 3.63. The molecule has 4 rings (SSSR count). The first kappa shape index (κ1) is 22.1. The van der Waals surface area contributed by atoms with Crippen molar-refractivity contribution in [1.29, 1.82) is 0 Å². The molecule has 0 spiro atoms. The number of nitrogens with one attached hydrogen (secondary N) is 1. The van der Waals surface area contributed by atoms with Crippen LogP contribution in [0, 0.1) is 0 Å². The van der Waals surface area contributed by atoms with Crippen LogP contribution in [0.5, 0.6) is 5.75 Å². The van der Waals surface area contributed by atoms with E-state index in [2.05, 4.69) is 10.3 Å². The second kappa shape index (κ2) is 8.81. The first-order valence-electron chi connectivity index (χ1n) is 9.95. The summed E-state index contributed by atoms with van der Waals surface area (Å²) in [5, 5.41) is 2.60. The highest BCUT2D eigenvalue weighted by molar-refractivity contribution is 6.22. The zero-order chi connectivity index (χ0) is 23.6. The molecule has 0 fully saturated rings. The second-order valence-electron chi connectivity index (χ2n) is 7.21. The number of fused-ring (bicyclic) bond motifs is 1. The number of benzene rings is 2. The van der Waals surface area contributed by atoms with Crippen molar-refractivity contribution in [2.45, 2.75) is 12.6 Å². The molecular weight excluding hydrogens is 437 g/mol. The van der Waals surface area contributed by atoms with E-state index in [-0.39, 0.29) is 23.7 Å². The van der Waals surface area contributed by atoms with Crippen LogP contribution in [0.4, 0.5) is 39.8 Å². The normalized spacial score (nSPS) is 12.8. The van der Waals surface area contributed by atoms with Crippen molar-refractivity contribution in [3.8, 4) is 5.75 Å². The lowest BCUT2D eigenvalue weighted by Gasteiger charge is -2.27. The number of rotatable bonds is 3. The average Bonchev–Trinajstić information content (AvgIpc) is 3.22. The van der Waals surface area contributed by atoms with E-state index >= 15 is 0 Å². The van der Waals surface area contributed by atoms with Crippen LogP contribution in [0.2, 0.25) is 0 Å². The van der Waals surface area contributed by atoms with Crippen molar-refractivity contribution < 1.29 is 27.5 Å². The van der Waals surface area contributed by atoms with E-state index in [4.69, 9.17) is 4.74 Å². The number of anilines is 3. The fourth-order valence-electron chi connectivity index (χ4n) is 3.63. The largest absolute Gasteiger partial charge is 0.496 e. The summed E-state index contributed by atoms with van der Waals surface area (Å²) >= 11 is 0. The zero-order valence-electron chi connectivity index (χ0n) is 17.5. The van der Waals surface area contributed by atoms with E-state index in [0.29, 0.717) is 17.7 Å². The van der Waals surface area contributed by atoms with Crippen LogP contribution in [-0.4, -0.2) is 30.7 Å². The number of aromatic nitrogens is 1. The third kappa shape index (κ3) is 4.45. The quantitative estimate of drug-likeness (QED) is 0.578. The Balaban J connectivity index is 1.72. The van der Waals surface area contributed by atoms with Crippen LogP contribution in [0.1, 0.15) is 11.1 Å². The van der Waals surface area contributed by atoms with Crippen LogP contribution >= 0.6 is 0 Å². The van der Waals surface area contributed by atoms with Gasteiger partial charge in [-0.15, -0.1) is 0 Å². The number of carbonyl (C=O) groups is 2. The van der Waals surface area contributed by atoms with Crippen molar-refractivity contribution >= 4 is 29.1 Å². The van der Waals surface area contributed by atoms with Gasteiger partial charge in [-0.25, -0.2) is 14.5 Å². The fraction of sp³-hybridized carbons (Fsp3) is 0.174. The van der Waals surface area contributed by atoms with Gasteiger partial charge in [-0.1, -0.05) is 18.2 Å². The van der Waals surface area contributed by atoms with Gasteiger partial charge in [0.2, 0.25) is 0 Å². The van der Waals surface area contributed by atoms with E-state index in [1.807, 2.05) is 0 Å². The number of nitrogens with zero attached hydrogens (tertiary/aromatic N) is 3. The number of hydrogen-bond acceptors (Lipinski definition) is 4. The van der Waals surface area contributed by atoms with Crippen molar-refractivity contribution in [3.05, 3.63) is 78.1 Å². The molecule has 1 N–H and O–H groups in total. The van der Waals surface area contributed by atoms with Crippen molar-refractivity contribution in [3.63, 3.8) is 0 Å². The minimum absolute atomic E-state index is 0.0863. The van der Waals surface area contributed by atoms with E-state index in [9.17, 15) is 22.8 Å². The third-order valence-corrected chi connectivity index (χ3v) is 5.15. The van der Waals surface area contributed by atoms with E-state index in [0.717, 1.165) is 18.1 Å². The summed E-state index contributed by atoms with van der Waals surface area (Å²) in [4.78, 5) is 32.6. The highest BCUT2D eigenvalue weighted by Gasteiger charge is 2.39. The topological polar surface area (TPSA) is 74.8 Å². The third-order valence-electron chi connectivity index (χ3n) is 5.15. The maximum Gasteiger partial charge on any atom is 0.420 e.